The lowest BCUT2D eigenvalue weighted by molar-refractivity contribution is 0.0761. The molecular weight excluding hydrogens is 381 g/mol. The highest BCUT2D eigenvalue weighted by Gasteiger charge is 2.20. The smallest absolute Gasteiger partial charge is 0.253 e. The molecule has 3 aromatic rings. The van der Waals surface area contributed by atoms with Gasteiger partial charge in [0.15, 0.2) is 0 Å². The summed E-state index contributed by atoms with van der Waals surface area (Å²) in [5.41, 5.74) is 2.50. The summed E-state index contributed by atoms with van der Waals surface area (Å²) in [6, 6.07) is 15.8. The minimum Gasteiger partial charge on any atom is -0.337 e. The van der Waals surface area contributed by atoms with Crippen molar-refractivity contribution in [3.63, 3.8) is 0 Å². The molecule has 2 heterocycles. The van der Waals surface area contributed by atoms with Crippen molar-refractivity contribution in [2.75, 3.05) is 31.5 Å². The molecule has 0 atom stereocenters. The van der Waals surface area contributed by atoms with Gasteiger partial charge in [-0.2, -0.15) is 0 Å². The molecule has 4 rings (SSSR count). The Morgan fingerprint density at radius 3 is 2.57 bits per heavy atom. The molecule has 1 amide bonds. The third kappa shape index (κ3) is 5.18. The van der Waals surface area contributed by atoms with Gasteiger partial charge in [0.2, 0.25) is 5.95 Å². The van der Waals surface area contributed by atoms with Crippen LogP contribution in [-0.2, 0) is 6.54 Å². The van der Waals surface area contributed by atoms with E-state index >= 15 is 0 Å². The number of halogens is 1. The van der Waals surface area contributed by atoms with Crippen molar-refractivity contribution < 1.29 is 9.18 Å². The zero-order valence-electron chi connectivity index (χ0n) is 16.7. The molecule has 1 aliphatic heterocycles. The van der Waals surface area contributed by atoms with E-state index in [1.165, 1.54) is 12.1 Å². The van der Waals surface area contributed by atoms with Crippen LogP contribution in [0.25, 0.3) is 0 Å². The molecule has 2 aromatic carbocycles. The van der Waals surface area contributed by atoms with Crippen molar-refractivity contribution in [3.8, 4) is 0 Å². The second-order valence-corrected chi connectivity index (χ2v) is 7.33. The maximum atomic E-state index is 13.1. The Balaban J connectivity index is 1.37. The summed E-state index contributed by atoms with van der Waals surface area (Å²) in [6.45, 7) is 3.85. The van der Waals surface area contributed by atoms with Gasteiger partial charge in [0, 0.05) is 56.4 Å². The van der Waals surface area contributed by atoms with E-state index < -0.39 is 0 Å². The monoisotopic (exact) mass is 405 g/mol. The molecule has 154 valence electrons. The van der Waals surface area contributed by atoms with Crippen LogP contribution in [0.3, 0.4) is 0 Å². The van der Waals surface area contributed by atoms with Gasteiger partial charge in [-0.25, -0.2) is 14.4 Å². The van der Waals surface area contributed by atoms with Crippen LogP contribution in [0, 0.1) is 5.82 Å². The van der Waals surface area contributed by atoms with Crippen molar-refractivity contribution >= 4 is 17.5 Å². The van der Waals surface area contributed by atoms with Crippen LogP contribution in [0.2, 0.25) is 0 Å². The summed E-state index contributed by atoms with van der Waals surface area (Å²) in [7, 11) is 0. The molecule has 0 radical (unpaired) electrons. The molecule has 1 aliphatic rings. The number of benzene rings is 2. The Labute approximate surface area is 175 Å². The zero-order valence-corrected chi connectivity index (χ0v) is 16.7. The predicted molar refractivity (Wildman–Crippen MR) is 114 cm³/mol. The second kappa shape index (κ2) is 9.45. The van der Waals surface area contributed by atoms with Crippen molar-refractivity contribution in [1.82, 2.24) is 19.8 Å². The SMILES string of the molecule is O=C(c1cccc(Nc2ncccn2)c1)N1CCCN(Cc2ccc(F)cc2)CC1. The largest absolute Gasteiger partial charge is 0.337 e. The van der Waals surface area contributed by atoms with Crippen LogP contribution in [0.4, 0.5) is 16.0 Å². The number of hydrogen-bond donors (Lipinski definition) is 1. The lowest BCUT2D eigenvalue weighted by atomic mass is 10.1. The van der Waals surface area contributed by atoms with Crippen molar-refractivity contribution in [3.05, 3.63) is 83.9 Å². The minimum absolute atomic E-state index is 0.0243. The standard InChI is InChI=1S/C23H24FN5O/c24-20-8-6-18(7-9-20)17-28-12-3-13-29(15-14-28)22(30)19-4-1-5-21(16-19)27-23-25-10-2-11-26-23/h1-2,4-11,16H,3,12-15,17H2,(H,25,26,27). The molecule has 0 aliphatic carbocycles. The van der Waals surface area contributed by atoms with Gasteiger partial charge in [-0.05, 0) is 48.4 Å². The number of anilines is 2. The van der Waals surface area contributed by atoms with E-state index in [4.69, 9.17) is 0 Å². The molecule has 0 bridgehead atoms. The first-order chi connectivity index (χ1) is 14.7. The van der Waals surface area contributed by atoms with Gasteiger partial charge in [0.05, 0.1) is 0 Å². The number of rotatable bonds is 5. The maximum Gasteiger partial charge on any atom is 0.253 e. The number of nitrogens with one attached hydrogen (secondary N) is 1. The predicted octanol–water partition coefficient (Wildman–Crippen LogP) is 3.71. The van der Waals surface area contributed by atoms with E-state index in [0.29, 0.717) is 18.1 Å². The van der Waals surface area contributed by atoms with E-state index in [2.05, 4.69) is 20.2 Å². The van der Waals surface area contributed by atoms with Crippen LogP contribution >= 0.6 is 0 Å². The van der Waals surface area contributed by atoms with Crippen molar-refractivity contribution in [1.29, 1.82) is 0 Å². The first-order valence-corrected chi connectivity index (χ1v) is 10.1. The Kier molecular flexibility index (Phi) is 6.29. The van der Waals surface area contributed by atoms with Gasteiger partial charge in [-0.15, -0.1) is 0 Å². The van der Waals surface area contributed by atoms with Crippen LogP contribution in [0.5, 0.6) is 0 Å². The Morgan fingerprint density at radius 1 is 0.967 bits per heavy atom. The van der Waals surface area contributed by atoms with E-state index in [-0.39, 0.29) is 11.7 Å². The fraction of sp³-hybridized carbons (Fsp3) is 0.261. The van der Waals surface area contributed by atoms with Gasteiger partial charge in [0.1, 0.15) is 5.82 Å². The topological polar surface area (TPSA) is 61.4 Å². The van der Waals surface area contributed by atoms with Gasteiger partial charge in [-0.3, -0.25) is 9.69 Å². The molecule has 1 aromatic heterocycles. The summed E-state index contributed by atoms with van der Waals surface area (Å²) in [6.07, 6.45) is 4.24. The number of carbonyl (C=O) groups excluding carboxylic acids is 1. The summed E-state index contributed by atoms with van der Waals surface area (Å²) in [5, 5.41) is 3.12. The molecule has 1 fully saturated rings. The zero-order chi connectivity index (χ0) is 20.8. The van der Waals surface area contributed by atoms with Gasteiger partial charge >= 0.3 is 0 Å². The molecule has 7 heteroatoms. The third-order valence-corrected chi connectivity index (χ3v) is 5.13. The van der Waals surface area contributed by atoms with E-state index in [0.717, 1.165) is 43.9 Å². The average Bonchev–Trinajstić information content (AvgIpc) is 3.01. The highest BCUT2D eigenvalue weighted by Crippen LogP contribution is 2.17. The molecule has 1 N–H and O–H groups in total. The van der Waals surface area contributed by atoms with Gasteiger partial charge < -0.3 is 10.2 Å². The molecule has 30 heavy (non-hydrogen) atoms. The molecule has 6 nitrogen and oxygen atoms in total. The molecule has 0 spiro atoms. The Morgan fingerprint density at radius 2 is 1.77 bits per heavy atom. The molecule has 1 saturated heterocycles. The summed E-state index contributed by atoms with van der Waals surface area (Å²) in [5.74, 6) is 0.298. The fourth-order valence-corrected chi connectivity index (χ4v) is 3.59. The number of nitrogens with zero attached hydrogens (tertiary/aromatic N) is 4. The van der Waals surface area contributed by atoms with Crippen LogP contribution in [0.15, 0.2) is 67.0 Å². The Hall–Kier alpha value is -3.32. The number of carbonyl (C=O) groups is 1. The second-order valence-electron chi connectivity index (χ2n) is 7.33. The van der Waals surface area contributed by atoms with Crippen molar-refractivity contribution in [2.45, 2.75) is 13.0 Å². The number of aromatic nitrogens is 2. The van der Waals surface area contributed by atoms with Gasteiger partial charge in [-0.1, -0.05) is 18.2 Å². The van der Waals surface area contributed by atoms with Gasteiger partial charge in [0.25, 0.3) is 5.91 Å². The van der Waals surface area contributed by atoms with Crippen molar-refractivity contribution in [2.24, 2.45) is 0 Å². The highest BCUT2D eigenvalue weighted by molar-refractivity contribution is 5.95. The number of hydrogen-bond acceptors (Lipinski definition) is 5. The summed E-state index contributed by atoms with van der Waals surface area (Å²) >= 11 is 0. The fourth-order valence-electron chi connectivity index (χ4n) is 3.59. The van der Waals surface area contributed by atoms with E-state index in [9.17, 15) is 9.18 Å². The average molecular weight is 405 g/mol. The number of amides is 1. The normalized spacial score (nSPS) is 14.9. The lowest BCUT2D eigenvalue weighted by Gasteiger charge is -2.22. The summed E-state index contributed by atoms with van der Waals surface area (Å²) in [4.78, 5) is 25.6. The first-order valence-electron chi connectivity index (χ1n) is 10.1. The summed E-state index contributed by atoms with van der Waals surface area (Å²) < 4.78 is 13.1. The molecule has 0 unspecified atom stereocenters. The highest BCUT2D eigenvalue weighted by atomic mass is 19.1. The third-order valence-electron chi connectivity index (χ3n) is 5.13. The van der Waals surface area contributed by atoms with Crippen LogP contribution in [0.1, 0.15) is 22.3 Å². The van der Waals surface area contributed by atoms with Crippen LogP contribution in [-0.4, -0.2) is 51.9 Å². The maximum absolute atomic E-state index is 13.1. The quantitative estimate of drug-likeness (QED) is 0.701. The lowest BCUT2D eigenvalue weighted by Crippen LogP contribution is -2.35. The minimum atomic E-state index is -0.220. The van der Waals surface area contributed by atoms with E-state index in [1.54, 1.807) is 18.5 Å². The molecule has 0 saturated carbocycles. The Bertz CT molecular complexity index is 980. The first kappa shape index (κ1) is 20.0. The molecular formula is C23H24FN5O. The van der Waals surface area contributed by atoms with E-state index in [1.807, 2.05) is 41.3 Å². The van der Waals surface area contributed by atoms with Crippen LogP contribution < -0.4 is 5.32 Å².